The molecule has 2 aromatic rings. The molecule has 0 atom stereocenters. The van der Waals surface area contributed by atoms with Crippen LogP contribution in [0.1, 0.15) is 23.2 Å². The van der Waals surface area contributed by atoms with Crippen LogP contribution < -0.4 is 0 Å². The predicted molar refractivity (Wildman–Crippen MR) is 68.8 cm³/mol. The van der Waals surface area contributed by atoms with Crippen molar-refractivity contribution in [2.24, 2.45) is 0 Å². The standard InChI is InChI=1S/C13H12N6O/c14-6-7-18(11-4-5-11)13(20)10-2-1-3-12(8-10)19-9-15-16-17-19/h1-3,8-9,11H,4-5,7H2. The Hall–Kier alpha value is -2.75. The maximum absolute atomic E-state index is 12.5. The maximum Gasteiger partial charge on any atom is 0.255 e. The molecular weight excluding hydrogens is 256 g/mol. The van der Waals surface area contributed by atoms with Crippen LogP contribution in [-0.2, 0) is 0 Å². The summed E-state index contributed by atoms with van der Waals surface area (Å²) in [7, 11) is 0. The van der Waals surface area contributed by atoms with Gasteiger partial charge in [0.1, 0.15) is 12.9 Å². The quantitative estimate of drug-likeness (QED) is 0.765. The Labute approximate surface area is 115 Å². The van der Waals surface area contributed by atoms with Crippen LogP contribution in [0.15, 0.2) is 30.6 Å². The molecule has 7 nitrogen and oxygen atoms in total. The van der Waals surface area contributed by atoms with E-state index in [0.717, 1.165) is 12.8 Å². The van der Waals surface area contributed by atoms with E-state index in [4.69, 9.17) is 5.26 Å². The Morgan fingerprint density at radius 2 is 2.35 bits per heavy atom. The number of nitriles is 1. The molecule has 1 amide bonds. The van der Waals surface area contributed by atoms with Gasteiger partial charge in [-0.15, -0.1) is 5.10 Å². The zero-order chi connectivity index (χ0) is 13.9. The highest BCUT2D eigenvalue weighted by atomic mass is 16.2. The minimum absolute atomic E-state index is 0.121. The first-order valence-electron chi connectivity index (χ1n) is 6.31. The molecular formula is C13H12N6O. The summed E-state index contributed by atoms with van der Waals surface area (Å²) in [5.74, 6) is -0.121. The lowest BCUT2D eigenvalue weighted by Gasteiger charge is -2.19. The molecule has 1 saturated carbocycles. The van der Waals surface area contributed by atoms with Gasteiger partial charge in [-0.2, -0.15) is 5.26 Å². The molecule has 1 aliphatic carbocycles. The Bertz CT molecular complexity index is 656. The van der Waals surface area contributed by atoms with Gasteiger partial charge >= 0.3 is 0 Å². The molecule has 3 rings (SSSR count). The van der Waals surface area contributed by atoms with Crippen molar-refractivity contribution in [2.75, 3.05) is 6.54 Å². The SMILES string of the molecule is N#CCN(C(=O)c1cccc(-n2cnnn2)c1)C1CC1. The number of carbonyl (C=O) groups excluding carboxylic acids is 1. The van der Waals surface area contributed by atoms with E-state index in [2.05, 4.69) is 15.5 Å². The van der Waals surface area contributed by atoms with E-state index in [1.165, 1.54) is 11.0 Å². The average Bonchev–Trinajstić information content (AvgIpc) is 3.17. The van der Waals surface area contributed by atoms with Crippen LogP contribution in [0.5, 0.6) is 0 Å². The number of nitrogens with zero attached hydrogens (tertiary/aromatic N) is 6. The molecule has 20 heavy (non-hydrogen) atoms. The van der Waals surface area contributed by atoms with E-state index in [1.54, 1.807) is 23.1 Å². The second-order valence-corrected chi connectivity index (χ2v) is 4.63. The minimum atomic E-state index is -0.121. The number of benzene rings is 1. The summed E-state index contributed by atoms with van der Waals surface area (Å²) in [6.07, 6.45) is 3.41. The van der Waals surface area contributed by atoms with Gasteiger partial charge < -0.3 is 4.90 Å². The molecule has 0 aliphatic heterocycles. The first-order valence-corrected chi connectivity index (χ1v) is 6.31. The van der Waals surface area contributed by atoms with E-state index in [1.807, 2.05) is 12.1 Å². The van der Waals surface area contributed by atoms with Gasteiger partial charge in [-0.1, -0.05) is 6.07 Å². The summed E-state index contributed by atoms with van der Waals surface area (Å²) < 4.78 is 1.49. The summed E-state index contributed by atoms with van der Waals surface area (Å²) in [4.78, 5) is 14.1. The Kier molecular flexibility index (Phi) is 3.13. The van der Waals surface area contributed by atoms with E-state index in [9.17, 15) is 4.79 Å². The number of hydrogen-bond acceptors (Lipinski definition) is 5. The highest BCUT2D eigenvalue weighted by molar-refractivity contribution is 5.95. The summed E-state index contributed by atoms with van der Waals surface area (Å²) >= 11 is 0. The second-order valence-electron chi connectivity index (χ2n) is 4.63. The molecule has 1 aromatic carbocycles. The zero-order valence-electron chi connectivity index (χ0n) is 10.7. The summed E-state index contributed by atoms with van der Waals surface area (Å²) in [6.45, 7) is 0.124. The van der Waals surface area contributed by atoms with Gasteiger partial charge in [-0.25, -0.2) is 4.68 Å². The van der Waals surface area contributed by atoms with Gasteiger partial charge in [0, 0.05) is 11.6 Å². The highest BCUT2D eigenvalue weighted by Crippen LogP contribution is 2.28. The van der Waals surface area contributed by atoms with Crippen molar-refractivity contribution in [3.8, 4) is 11.8 Å². The molecule has 0 radical (unpaired) electrons. The predicted octanol–water partition coefficient (Wildman–Crippen LogP) is 0.790. The van der Waals surface area contributed by atoms with Crippen molar-refractivity contribution < 1.29 is 4.79 Å². The van der Waals surface area contributed by atoms with Crippen LogP contribution in [-0.4, -0.2) is 43.6 Å². The average molecular weight is 268 g/mol. The molecule has 100 valence electrons. The second kappa shape index (κ2) is 5.09. The van der Waals surface area contributed by atoms with Crippen molar-refractivity contribution >= 4 is 5.91 Å². The van der Waals surface area contributed by atoms with Crippen molar-refractivity contribution in [2.45, 2.75) is 18.9 Å². The fourth-order valence-corrected chi connectivity index (χ4v) is 2.06. The maximum atomic E-state index is 12.5. The van der Waals surface area contributed by atoms with Gasteiger partial charge in [0.05, 0.1) is 11.8 Å². The van der Waals surface area contributed by atoms with E-state index >= 15 is 0 Å². The number of carbonyl (C=O) groups is 1. The molecule has 0 spiro atoms. The Morgan fingerprint density at radius 3 is 3.00 bits per heavy atom. The molecule has 1 aliphatic rings. The number of aromatic nitrogens is 4. The van der Waals surface area contributed by atoms with Crippen molar-refractivity contribution in [3.63, 3.8) is 0 Å². The molecule has 0 N–H and O–H groups in total. The van der Waals surface area contributed by atoms with Crippen LogP contribution in [0.25, 0.3) is 5.69 Å². The summed E-state index contributed by atoms with van der Waals surface area (Å²) in [5, 5.41) is 19.8. The normalized spacial score (nSPS) is 13.8. The van der Waals surface area contributed by atoms with E-state index in [0.29, 0.717) is 11.3 Å². The monoisotopic (exact) mass is 268 g/mol. The van der Waals surface area contributed by atoms with Gasteiger partial charge in [0.25, 0.3) is 5.91 Å². The largest absolute Gasteiger partial charge is 0.322 e. The smallest absolute Gasteiger partial charge is 0.255 e. The molecule has 7 heteroatoms. The number of hydrogen-bond donors (Lipinski definition) is 0. The third kappa shape index (κ3) is 2.36. The lowest BCUT2D eigenvalue weighted by Crippen LogP contribution is -2.33. The van der Waals surface area contributed by atoms with Gasteiger partial charge in [0.2, 0.25) is 0 Å². The topological polar surface area (TPSA) is 87.7 Å². The molecule has 1 aromatic heterocycles. The third-order valence-electron chi connectivity index (χ3n) is 3.20. The first-order chi connectivity index (χ1) is 9.79. The van der Waals surface area contributed by atoms with Crippen LogP contribution in [0.2, 0.25) is 0 Å². The zero-order valence-corrected chi connectivity index (χ0v) is 10.7. The molecule has 0 unspecified atom stereocenters. The lowest BCUT2D eigenvalue weighted by molar-refractivity contribution is 0.0765. The van der Waals surface area contributed by atoms with Crippen LogP contribution >= 0.6 is 0 Å². The minimum Gasteiger partial charge on any atom is -0.322 e. The van der Waals surface area contributed by atoms with Gasteiger partial charge in [-0.3, -0.25) is 4.79 Å². The highest BCUT2D eigenvalue weighted by Gasteiger charge is 2.32. The van der Waals surface area contributed by atoms with Crippen LogP contribution in [0.4, 0.5) is 0 Å². The number of amides is 1. The molecule has 0 saturated heterocycles. The molecule has 1 heterocycles. The number of tetrazole rings is 1. The van der Waals surface area contributed by atoms with Crippen molar-refractivity contribution in [1.82, 2.24) is 25.1 Å². The lowest BCUT2D eigenvalue weighted by atomic mass is 10.1. The molecule has 1 fully saturated rings. The fraction of sp³-hybridized carbons (Fsp3) is 0.308. The van der Waals surface area contributed by atoms with Crippen molar-refractivity contribution in [1.29, 1.82) is 5.26 Å². The van der Waals surface area contributed by atoms with Crippen LogP contribution in [0, 0.1) is 11.3 Å². The molecule has 0 bridgehead atoms. The Balaban J connectivity index is 1.88. The summed E-state index contributed by atoms with van der Waals surface area (Å²) in [5.41, 5.74) is 1.26. The van der Waals surface area contributed by atoms with Gasteiger partial charge in [0.15, 0.2) is 0 Å². The Morgan fingerprint density at radius 1 is 1.50 bits per heavy atom. The van der Waals surface area contributed by atoms with E-state index in [-0.39, 0.29) is 18.5 Å². The van der Waals surface area contributed by atoms with E-state index < -0.39 is 0 Å². The van der Waals surface area contributed by atoms with Crippen LogP contribution in [0.3, 0.4) is 0 Å². The fourth-order valence-electron chi connectivity index (χ4n) is 2.06. The number of rotatable bonds is 4. The first kappa shape index (κ1) is 12.3. The van der Waals surface area contributed by atoms with Gasteiger partial charge in [-0.05, 0) is 41.5 Å². The van der Waals surface area contributed by atoms with Crippen molar-refractivity contribution in [3.05, 3.63) is 36.2 Å². The summed E-state index contributed by atoms with van der Waals surface area (Å²) in [6, 6.07) is 9.32. The third-order valence-corrected chi connectivity index (χ3v) is 3.20.